The zero-order valence-electron chi connectivity index (χ0n) is 13.3. The molecular formula is C16H27N3O. The van der Waals surface area contributed by atoms with Gasteiger partial charge in [-0.2, -0.15) is 0 Å². The van der Waals surface area contributed by atoms with Gasteiger partial charge in [-0.3, -0.25) is 0 Å². The number of methoxy groups -OCH3 is 1. The first-order chi connectivity index (χ1) is 9.63. The Kier molecular flexibility index (Phi) is 5.11. The molecule has 0 aliphatic heterocycles. The molecule has 112 valence electrons. The summed E-state index contributed by atoms with van der Waals surface area (Å²) in [6.07, 6.45) is 6.77. The average Bonchev–Trinajstić information content (AvgIpc) is 2.47. The van der Waals surface area contributed by atoms with Gasteiger partial charge in [0.2, 0.25) is 0 Å². The van der Waals surface area contributed by atoms with Crippen LogP contribution in [0.15, 0.2) is 0 Å². The highest BCUT2D eigenvalue weighted by Crippen LogP contribution is 2.38. The minimum atomic E-state index is -0.255. The van der Waals surface area contributed by atoms with Crippen LogP contribution in [0, 0.1) is 13.8 Å². The molecule has 1 aliphatic carbocycles. The van der Waals surface area contributed by atoms with Gasteiger partial charge in [0.25, 0.3) is 0 Å². The van der Waals surface area contributed by atoms with Crippen molar-refractivity contribution in [3.8, 4) is 0 Å². The number of hydrogen-bond acceptors (Lipinski definition) is 4. The van der Waals surface area contributed by atoms with E-state index in [-0.39, 0.29) is 5.60 Å². The van der Waals surface area contributed by atoms with Crippen LogP contribution in [0.4, 0.5) is 0 Å². The third-order valence-electron chi connectivity index (χ3n) is 4.51. The molecule has 1 fully saturated rings. The highest BCUT2D eigenvalue weighted by Gasteiger charge is 2.37. The van der Waals surface area contributed by atoms with E-state index in [1.165, 1.54) is 24.8 Å². The minimum absolute atomic E-state index is 0.255. The van der Waals surface area contributed by atoms with Gasteiger partial charge in [0, 0.05) is 18.5 Å². The molecule has 0 bridgehead atoms. The third-order valence-corrected chi connectivity index (χ3v) is 4.51. The van der Waals surface area contributed by atoms with Crippen molar-refractivity contribution in [3.63, 3.8) is 0 Å². The molecule has 0 radical (unpaired) electrons. The molecule has 1 heterocycles. The first-order valence-electron chi connectivity index (χ1n) is 7.67. The molecule has 0 spiro atoms. The van der Waals surface area contributed by atoms with Crippen molar-refractivity contribution in [1.29, 1.82) is 0 Å². The molecule has 1 saturated carbocycles. The van der Waals surface area contributed by atoms with Crippen LogP contribution in [0.1, 0.15) is 54.9 Å². The molecule has 1 aromatic heterocycles. The van der Waals surface area contributed by atoms with E-state index in [9.17, 15) is 0 Å². The van der Waals surface area contributed by atoms with E-state index in [1.807, 2.05) is 7.05 Å². The molecule has 20 heavy (non-hydrogen) atoms. The van der Waals surface area contributed by atoms with E-state index < -0.39 is 0 Å². The van der Waals surface area contributed by atoms with Crippen molar-refractivity contribution in [2.45, 2.75) is 58.0 Å². The van der Waals surface area contributed by atoms with E-state index in [0.717, 1.165) is 43.0 Å². The second-order valence-electron chi connectivity index (χ2n) is 5.81. The van der Waals surface area contributed by atoms with Crippen molar-refractivity contribution in [3.05, 3.63) is 22.8 Å². The van der Waals surface area contributed by atoms with Crippen molar-refractivity contribution in [2.75, 3.05) is 20.7 Å². The number of aryl methyl sites for hydroxylation is 2. The molecular weight excluding hydrogens is 250 g/mol. The first-order valence-corrected chi connectivity index (χ1v) is 7.67. The lowest BCUT2D eigenvalue weighted by atomic mass is 9.83. The van der Waals surface area contributed by atoms with Crippen LogP contribution >= 0.6 is 0 Å². The molecule has 0 atom stereocenters. The standard InChI is InChI=1S/C16H27N3O/c1-12-14(8-11-17-3)13(2)19-15(18-12)16(20-4)9-6-5-7-10-16/h17H,5-11H2,1-4H3. The second kappa shape index (κ2) is 6.64. The smallest absolute Gasteiger partial charge is 0.160 e. The Hall–Kier alpha value is -1.00. The molecule has 4 heteroatoms. The van der Waals surface area contributed by atoms with Crippen molar-refractivity contribution >= 4 is 0 Å². The second-order valence-corrected chi connectivity index (χ2v) is 5.81. The van der Waals surface area contributed by atoms with Crippen molar-refractivity contribution in [2.24, 2.45) is 0 Å². The lowest BCUT2D eigenvalue weighted by Gasteiger charge is -2.35. The quantitative estimate of drug-likeness (QED) is 0.899. The Bertz CT molecular complexity index is 430. The maximum absolute atomic E-state index is 5.86. The summed E-state index contributed by atoms with van der Waals surface area (Å²) in [6.45, 7) is 5.14. The van der Waals surface area contributed by atoms with Crippen molar-refractivity contribution < 1.29 is 4.74 Å². The van der Waals surface area contributed by atoms with E-state index in [4.69, 9.17) is 14.7 Å². The van der Waals surface area contributed by atoms with Crippen LogP contribution in [-0.2, 0) is 16.8 Å². The average molecular weight is 277 g/mol. The number of ether oxygens (including phenoxy) is 1. The van der Waals surface area contributed by atoms with E-state index >= 15 is 0 Å². The summed E-state index contributed by atoms with van der Waals surface area (Å²) in [6, 6.07) is 0. The zero-order chi connectivity index (χ0) is 14.6. The Labute approximate surface area is 122 Å². The number of hydrogen-bond donors (Lipinski definition) is 1. The van der Waals surface area contributed by atoms with Crippen LogP contribution in [0.25, 0.3) is 0 Å². The van der Waals surface area contributed by atoms with Crippen molar-refractivity contribution in [1.82, 2.24) is 15.3 Å². The summed E-state index contributed by atoms with van der Waals surface area (Å²) in [5, 5.41) is 3.19. The lowest BCUT2D eigenvalue weighted by Crippen LogP contribution is -2.34. The van der Waals surface area contributed by atoms with Gasteiger partial charge in [-0.25, -0.2) is 9.97 Å². The summed E-state index contributed by atoms with van der Waals surface area (Å²) in [7, 11) is 3.77. The van der Waals surface area contributed by atoms with Gasteiger partial charge in [-0.05, 0) is 52.3 Å². The molecule has 4 nitrogen and oxygen atoms in total. The van der Waals surface area contributed by atoms with E-state index in [0.29, 0.717) is 0 Å². The number of likely N-dealkylation sites (N-methyl/N-ethyl adjacent to an activating group) is 1. The molecule has 0 amide bonds. The Balaban J connectivity index is 2.32. The number of nitrogens with one attached hydrogen (secondary N) is 1. The summed E-state index contributed by atoms with van der Waals surface area (Å²) in [5.74, 6) is 0.892. The fraction of sp³-hybridized carbons (Fsp3) is 0.750. The Morgan fingerprint density at radius 1 is 1.10 bits per heavy atom. The number of aromatic nitrogens is 2. The van der Waals surface area contributed by atoms with Crippen LogP contribution < -0.4 is 5.32 Å². The predicted octanol–water partition coefficient (Wildman–Crippen LogP) is 2.66. The van der Waals surface area contributed by atoms with Crippen LogP contribution in [0.5, 0.6) is 0 Å². The number of nitrogens with zero attached hydrogens (tertiary/aromatic N) is 2. The molecule has 1 N–H and O–H groups in total. The highest BCUT2D eigenvalue weighted by atomic mass is 16.5. The van der Waals surface area contributed by atoms with Gasteiger partial charge in [0.05, 0.1) is 0 Å². The fourth-order valence-corrected chi connectivity index (χ4v) is 3.20. The molecule has 0 aromatic carbocycles. The molecule has 0 unspecified atom stereocenters. The lowest BCUT2D eigenvalue weighted by molar-refractivity contribution is -0.0517. The van der Waals surface area contributed by atoms with E-state index in [2.05, 4.69) is 19.2 Å². The largest absolute Gasteiger partial charge is 0.370 e. The van der Waals surface area contributed by atoms with Crippen LogP contribution in [0.3, 0.4) is 0 Å². The maximum atomic E-state index is 5.86. The van der Waals surface area contributed by atoms with Gasteiger partial charge in [0.15, 0.2) is 5.82 Å². The molecule has 2 rings (SSSR count). The SMILES string of the molecule is CNCCc1c(C)nc(C2(OC)CCCCC2)nc1C. The summed E-state index contributed by atoms with van der Waals surface area (Å²) >= 11 is 0. The normalized spacial score (nSPS) is 18.2. The maximum Gasteiger partial charge on any atom is 0.160 e. The Morgan fingerprint density at radius 3 is 2.20 bits per heavy atom. The summed E-state index contributed by atoms with van der Waals surface area (Å²) in [4.78, 5) is 9.58. The van der Waals surface area contributed by atoms with Crippen LogP contribution in [0.2, 0.25) is 0 Å². The topological polar surface area (TPSA) is 47.0 Å². The first kappa shape index (κ1) is 15.4. The monoisotopic (exact) mass is 277 g/mol. The third kappa shape index (κ3) is 3.01. The van der Waals surface area contributed by atoms with Crippen LogP contribution in [-0.4, -0.2) is 30.7 Å². The molecule has 1 aliphatic rings. The molecule has 1 aromatic rings. The van der Waals surface area contributed by atoms with E-state index in [1.54, 1.807) is 7.11 Å². The van der Waals surface area contributed by atoms with Gasteiger partial charge in [0.1, 0.15) is 5.60 Å². The van der Waals surface area contributed by atoms with Gasteiger partial charge in [-0.15, -0.1) is 0 Å². The highest BCUT2D eigenvalue weighted by molar-refractivity contribution is 5.26. The fourth-order valence-electron chi connectivity index (χ4n) is 3.20. The van der Waals surface area contributed by atoms with Gasteiger partial charge >= 0.3 is 0 Å². The summed E-state index contributed by atoms with van der Waals surface area (Å²) in [5.41, 5.74) is 3.22. The minimum Gasteiger partial charge on any atom is -0.370 e. The summed E-state index contributed by atoms with van der Waals surface area (Å²) < 4.78 is 5.86. The van der Waals surface area contributed by atoms with Gasteiger partial charge in [-0.1, -0.05) is 19.3 Å². The Morgan fingerprint density at radius 2 is 1.70 bits per heavy atom. The molecule has 0 saturated heterocycles. The predicted molar refractivity (Wildman–Crippen MR) is 80.9 cm³/mol. The number of rotatable bonds is 5. The zero-order valence-corrected chi connectivity index (χ0v) is 13.3. The van der Waals surface area contributed by atoms with Gasteiger partial charge < -0.3 is 10.1 Å².